The first-order valence-electron chi connectivity index (χ1n) is 7.28. The number of benzene rings is 1. The van der Waals surface area contributed by atoms with Gasteiger partial charge in [0.1, 0.15) is 11.4 Å². The number of hydrogen-bond acceptors (Lipinski definition) is 3. The van der Waals surface area contributed by atoms with Crippen molar-refractivity contribution >= 4 is 11.6 Å². The quantitative estimate of drug-likeness (QED) is 0.832. The van der Waals surface area contributed by atoms with Crippen molar-refractivity contribution in [3.05, 3.63) is 24.3 Å². The molecule has 1 aliphatic carbocycles. The molecule has 0 aromatic heterocycles. The monoisotopic (exact) mass is 277 g/mol. The predicted octanol–water partition coefficient (Wildman–Crippen LogP) is 3.23. The molecule has 1 aromatic carbocycles. The van der Waals surface area contributed by atoms with Crippen LogP contribution in [-0.4, -0.2) is 24.7 Å². The highest BCUT2D eigenvalue weighted by Crippen LogP contribution is 2.42. The van der Waals surface area contributed by atoms with E-state index in [2.05, 4.69) is 5.32 Å². The number of rotatable bonds is 7. The summed E-state index contributed by atoms with van der Waals surface area (Å²) in [4.78, 5) is 12.4. The first-order valence-corrected chi connectivity index (χ1v) is 7.28. The Bertz CT molecular complexity index is 453. The van der Waals surface area contributed by atoms with E-state index in [1.807, 2.05) is 45.0 Å². The first-order chi connectivity index (χ1) is 9.60. The molecule has 0 spiro atoms. The minimum absolute atomic E-state index is 0.0639. The zero-order valence-electron chi connectivity index (χ0n) is 12.4. The number of anilines is 1. The molecule has 0 unspecified atom stereocenters. The maximum Gasteiger partial charge on any atom is 0.256 e. The van der Waals surface area contributed by atoms with Crippen LogP contribution in [0.1, 0.15) is 33.6 Å². The highest BCUT2D eigenvalue weighted by atomic mass is 16.5. The molecule has 0 heterocycles. The highest BCUT2D eigenvalue weighted by molar-refractivity contribution is 5.97. The Labute approximate surface area is 120 Å². The van der Waals surface area contributed by atoms with E-state index in [4.69, 9.17) is 9.47 Å². The minimum atomic E-state index is -0.715. The van der Waals surface area contributed by atoms with Gasteiger partial charge in [0.15, 0.2) is 0 Å². The van der Waals surface area contributed by atoms with Crippen LogP contribution in [0.25, 0.3) is 0 Å². The molecule has 4 heteroatoms. The van der Waals surface area contributed by atoms with Crippen molar-refractivity contribution < 1.29 is 14.3 Å². The number of hydrogen-bond donors (Lipinski definition) is 1. The van der Waals surface area contributed by atoms with Crippen molar-refractivity contribution in [3.63, 3.8) is 0 Å². The Hall–Kier alpha value is -1.55. The Morgan fingerprint density at radius 1 is 1.25 bits per heavy atom. The molecule has 0 saturated heterocycles. The average molecular weight is 277 g/mol. The van der Waals surface area contributed by atoms with E-state index >= 15 is 0 Å². The van der Waals surface area contributed by atoms with Crippen LogP contribution in [0.5, 0.6) is 5.75 Å². The van der Waals surface area contributed by atoms with Crippen LogP contribution in [0.3, 0.4) is 0 Å². The van der Waals surface area contributed by atoms with Gasteiger partial charge >= 0.3 is 0 Å². The molecule has 1 aromatic rings. The van der Waals surface area contributed by atoms with Gasteiger partial charge < -0.3 is 14.8 Å². The third-order valence-electron chi connectivity index (χ3n) is 3.67. The topological polar surface area (TPSA) is 47.6 Å². The minimum Gasteiger partial charge on any atom is -0.494 e. The fraction of sp³-hybridized carbons (Fsp3) is 0.562. The van der Waals surface area contributed by atoms with Crippen LogP contribution < -0.4 is 10.1 Å². The molecule has 0 bridgehead atoms. The van der Waals surface area contributed by atoms with Crippen LogP contribution in [0.4, 0.5) is 5.69 Å². The van der Waals surface area contributed by atoms with Crippen molar-refractivity contribution in [1.29, 1.82) is 0 Å². The standard InChI is InChI=1S/C16H23NO3/c1-4-19-14-10-8-13(9-11-14)17-15(18)16(3,20-5-2)12-6-7-12/h8-12H,4-7H2,1-3H3,(H,17,18)/t16-/m1/s1. The lowest BCUT2D eigenvalue weighted by molar-refractivity contribution is -0.141. The maximum absolute atomic E-state index is 12.4. The Morgan fingerprint density at radius 2 is 1.90 bits per heavy atom. The SMILES string of the molecule is CCOc1ccc(NC(=O)[C@](C)(OCC)C2CC2)cc1. The van der Waals surface area contributed by atoms with Crippen molar-refractivity contribution in [2.75, 3.05) is 18.5 Å². The van der Waals surface area contributed by atoms with Gasteiger partial charge in [-0.1, -0.05) is 0 Å². The number of amides is 1. The second kappa shape index (κ2) is 6.27. The smallest absolute Gasteiger partial charge is 0.256 e. The summed E-state index contributed by atoms with van der Waals surface area (Å²) in [5.41, 5.74) is 0.0536. The van der Waals surface area contributed by atoms with Gasteiger partial charge in [-0.3, -0.25) is 4.79 Å². The van der Waals surface area contributed by atoms with E-state index in [1.165, 1.54) is 0 Å². The first kappa shape index (κ1) is 14.9. The second-order valence-corrected chi connectivity index (χ2v) is 5.23. The van der Waals surface area contributed by atoms with E-state index in [1.54, 1.807) is 0 Å². The fourth-order valence-electron chi connectivity index (χ4n) is 2.36. The van der Waals surface area contributed by atoms with Crippen LogP contribution >= 0.6 is 0 Å². The summed E-state index contributed by atoms with van der Waals surface area (Å²) >= 11 is 0. The van der Waals surface area contributed by atoms with Crippen LogP contribution in [0, 0.1) is 5.92 Å². The normalized spacial score (nSPS) is 17.4. The Balaban J connectivity index is 2.02. The van der Waals surface area contributed by atoms with Gasteiger partial charge in [-0.2, -0.15) is 0 Å². The number of nitrogens with one attached hydrogen (secondary N) is 1. The van der Waals surface area contributed by atoms with Gasteiger partial charge in [0, 0.05) is 12.3 Å². The maximum atomic E-state index is 12.4. The molecule has 1 N–H and O–H groups in total. The molecule has 20 heavy (non-hydrogen) atoms. The van der Waals surface area contributed by atoms with E-state index in [0.717, 1.165) is 24.3 Å². The number of ether oxygens (including phenoxy) is 2. The number of carbonyl (C=O) groups excluding carboxylic acids is 1. The van der Waals surface area contributed by atoms with E-state index < -0.39 is 5.60 Å². The summed E-state index contributed by atoms with van der Waals surface area (Å²) in [7, 11) is 0. The van der Waals surface area contributed by atoms with Crippen LogP contribution in [0.2, 0.25) is 0 Å². The summed E-state index contributed by atoms with van der Waals surface area (Å²) < 4.78 is 11.1. The predicted molar refractivity (Wildman–Crippen MR) is 79.0 cm³/mol. The lowest BCUT2D eigenvalue weighted by Gasteiger charge is -2.28. The average Bonchev–Trinajstić information content (AvgIpc) is 3.26. The van der Waals surface area contributed by atoms with Crippen molar-refractivity contribution in [1.82, 2.24) is 0 Å². The molecule has 1 amide bonds. The molecule has 2 rings (SSSR count). The highest BCUT2D eigenvalue weighted by Gasteiger charge is 2.48. The van der Waals surface area contributed by atoms with Gasteiger partial charge in [0.05, 0.1) is 6.61 Å². The molecule has 1 aliphatic rings. The van der Waals surface area contributed by atoms with Crippen molar-refractivity contribution in [2.45, 2.75) is 39.2 Å². The summed E-state index contributed by atoms with van der Waals surface area (Å²) in [6.07, 6.45) is 2.13. The third-order valence-corrected chi connectivity index (χ3v) is 3.67. The van der Waals surface area contributed by atoms with E-state index in [-0.39, 0.29) is 5.91 Å². The Kier molecular flexibility index (Phi) is 4.65. The molecular weight excluding hydrogens is 254 g/mol. The van der Waals surface area contributed by atoms with Gasteiger partial charge in [-0.25, -0.2) is 0 Å². The molecule has 110 valence electrons. The number of carbonyl (C=O) groups is 1. The lowest BCUT2D eigenvalue weighted by Crippen LogP contribution is -2.44. The molecule has 0 aliphatic heterocycles. The summed E-state index contributed by atoms with van der Waals surface area (Å²) in [6.45, 7) is 6.93. The molecule has 4 nitrogen and oxygen atoms in total. The van der Waals surface area contributed by atoms with E-state index in [9.17, 15) is 4.79 Å². The van der Waals surface area contributed by atoms with Crippen molar-refractivity contribution in [3.8, 4) is 5.75 Å². The fourth-order valence-corrected chi connectivity index (χ4v) is 2.36. The Morgan fingerprint density at radius 3 is 2.40 bits per heavy atom. The summed E-state index contributed by atoms with van der Waals surface area (Å²) in [5, 5.41) is 2.94. The van der Waals surface area contributed by atoms with Crippen LogP contribution in [-0.2, 0) is 9.53 Å². The van der Waals surface area contributed by atoms with Crippen molar-refractivity contribution in [2.24, 2.45) is 5.92 Å². The molecule has 1 atom stereocenters. The lowest BCUT2D eigenvalue weighted by atomic mass is 9.99. The largest absolute Gasteiger partial charge is 0.494 e. The third kappa shape index (κ3) is 3.31. The van der Waals surface area contributed by atoms with E-state index in [0.29, 0.717) is 19.1 Å². The molecule has 1 saturated carbocycles. The summed E-state index contributed by atoms with van der Waals surface area (Å²) in [6, 6.07) is 7.41. The van der Waals surface area contributed by atoms with Gasteiger partial charge in [-0.15, -0.1) is 0 Å². The molecule has 1 fully saturated rings. The zero-order valence-corrected chi connectivity index (χ0v) is 12.4. The summed E-state index contributed by atoms with van der Waals surface area (Å²) in [5.74, 6) is 1.08. The second-order valence-electron chi connectivity index (χ2n) is 5.23. The van der Waals surface area contributed by atoms with Crippen LogP contribution in [0.15, 0.2) is 24.3 Å². The molecule has 0 radical (unpaired) electrons. The van der Waals surface area contributed by atoms with Gasteiger partial charge in [0.2, 0.25) is 0 Å². The zero-order chi connectivity index (χ0) is 14.6. The van der Waals surface area contributed by atoms with Gasteiger partial charge in [-0.05, 0) is 63.8 Å². The van der Waals surface area contributed by atoms with Gasteiger partial charge in [0.25, 0.3) is 5.91 Å². The molecular formula is C16H23NO3.